The maximum absolute atomic E-state index is 9.80. The number of rotatable bonds is 5. The Bertz CT molecular complexity index is 612. The van der Waals surface area contributed by atoms with Crippen molar-refractivity contribution in [3.8, 4) is 0 Å². The summed E-state index contributed by atoms with van der Waals surface area (Å²) in [7, 11) is 0. The lowest BCUT2D eigenvalue weighted by atomic mass is 10.2. The highest BCUT2D eigenvalue weighted by Gasteiger charge is 2.32. The predicted octanol–water partition coefficient (Wildman–Crippen LogP) is 2.38. The minimum absolute atomic E-state index is 0.258. The monoisotopic (exact) mass is 334 g/mol. The number of aliphatic hydroxyl groups is 1. The molecule has 2 unspecified atom stereocenters. The summed E-state index contributed by atoms with van der Waals surface area (Å²) in [4.78, 5) is 9.15. The standard InChI is InChI=1S/C17H23ClN4O/c1-3-8-22-11-21(9-13-4-6-14(18)7-5-13)10-15-17(22)20-16(19-15)12(2)23/h4-7,10,12,16,19,23H,3,8-9,11H2,1-2H3. The van der Waals surface area contributed by atoms with Gasteiger partial charge in [0.15, 0.2) is 5.84 Å². The summed E-state index contributed by atoms with van der Waals surface area (Å²) in [6.07, 6.45) is 2.39. The largest absolute Gasteiger partial charge is 0.389 e. The van der Waals surface area contributed by atoms with Crippen LogP contribution in [0.3, 0.4) is 0 Å². The number of aliphatic imine (C=N–C) groups is 1. The Labute approximate surface area is 142 Å². The van der Waals surface area contributed by atoms with Gasteiger partial charge in [-0.05, 0) is 31.0 Å². The van der Waals surface area contributed by atoms with Crippen LogP contribution in [-0.4, -0.2) is 46.2 Å². The highest BCUT2D eigenvalue weighted by molar-refractivity contribution is 6.30. The molecule has 0 aromatic heterocycles. The molecule has 2 aliphatic heterocycles. The fraction of sp³-hybridized carbons (Fsp3) is 0.471. The van der Waals surface area contributed by atoms with Crippen LogP contribution in [0.2, 0.25) is 5.02 Å². The van der Waals surface area contributed by atoms with Crippen LogP contribution in [0.25, 0.3) is 0 Å². The summed E-state index contributed by atoms with van der Waals surface area (Å²) in [6, 6.07) is 7.94. The van der Waals surface area contributed by atoms with Crippen LogP contribution in [-0.2, 0) is 6.54 Å². The Kier molecular flexibility index (Phi) is 4.78. The Morgan fingerprint density at radius 2 is 2.13 bits per heavy atom. The molecule has 3 rings (SSSR count). The minimum atomic E-state index is -0.512. The number of hydrogen-bond donors (Lipinski definition) is 2. The number of amidine groups is 1. The third kappa shape index (κ3) is 3.62. The second-order valence-electron chi connectivity index (χ2n) is 6.10. The fourth-order valence-electron chi connectivity index (χ4n) is 2.91. The average molecular weight is 335 g/mol. The molecule has 0 saturated carbocycles. The number of nitrogens with zero attached hydrogens (tertiary/aromatic N) is 3. The summed E-state index contributed by atoms with van der Waals surface area (Å²) in [6.45, 7) is 6.48. The smallest absolute Gasteiger partial charge is 0.152 e. The van der Waals surface area contributed by atoms with E-state index in [1.54, 1.807) is 6.92 Å². The molecule has 0 bridgehead atoms. The number of nitrogens with one attached hydrogen (secondary N) is 1. The van der Waals surface area contributed by atoms with Gasteiger partial charge in [0.1, 0.15) is 6.17 Å². The first kappa shape index (κ1) is 16.1. The molecule has 124 valence electrons. The molecule has 6 heteroatoms. The van der Waals surface area contributed by atoms with Crippen molar-refractivity contribution in [1.29, 1.82) is 0 Å². The molecule has 5 nitrogen and oxygen atoms in total. The highest BCUT2D eigenvalue weighted by atomic mass is 35.5. The molecule has 2 atom stereocenters. The van der Waals surface area contributed by atoms with E-state index in [9.17, 15) is 5.11 Å². The third-order valence-electron chi connectivity index (χ3n) is 4.02. The van der Waals surface area contributed by atoms with Gasteiger partial charge in [0, 0.05) is 24.3 Å². The van der Waals surface area contributed by atoms with Crippen molar-refractivity contribution in [3.63, 3.8) is 0 Å². The van der Waals surface area contributed by atoms with Crippen LogP contribution in [0.5, 0.6) is 0 Å². The van der Waals surface area contributed by atoms with Gasteiger partial charge in [-0.25, -0.2) is 4.99 Å². The molecule has 0 fully saturated rings. The number of benzene rings is 1. The summed E-state index contributed by atoms with van der Waals surface area (Å²) in [5.74, 6) is 0.963. The second-order valence-corrected chi connectivity index (χ2v) is 6.54. The molecule has 2 aliphatic rings. The SMILES string of the molecule is CCCN1CN(Cc2ccc(Cl)cc2)C=C2NC(C(C)O)N=C21. The average Bonchev–Trinajstić information content (AvgIpc) is 2.94. The zero-order valence-electron chi connectivity index (χ0n) is 13.5. The van der Waals surface area contributed by atoms with Crippen molar-refractivity contribution in [2.24, 2.45) is 4.99 Å². The molecule has 0 aliphatic carbocycles. The lowest BCUT2D eigenvalue weighted by Gasteiger charge is -2.35. The maximum atomic E-state index is 9.80. The topological polar surface area (TPSA) is 51.1 Å². The molecule has 0 amide bonds. The minimum Gasteiger partial charge on any atom is -0.389 e. The van der Waals surface area contributed by atoms with Crippen molar-refractivity contribution < 1.29 is 5.11 Å². The lowest BCUT2D eigenvalue weighted by molar-refractivity contribution is 0.157. The highest BCUT2D eigenvalue weighted by Crippen LogP contribution is 2.22. The molecule has 2 heterocycles. The Morgan fingerprint density at radius 3 is 2.78 bits per heavy atom. The van der Waals surface area contributed by atoms with Crippen molar-refractivity contribution >= 4 is 17.4 Å². The van der Waals surface area contributed by atoms with E-state index in [1.165, 1.54) is 5.56 Å². The van der Waals surface area contributed by atoms with Gasteiger partial charge in [-0.15, -0.1) is 0 Å². The van der Waals surface area contributed by atoms with Crippen LogP contribution < -0.4 is 5.32 Å². The van der Waals surface area contributed by atoms with Gasteiger partial charge in [0.05, 0.1) is 18.5 Å². The lowest BCUT2D eigenvalue weighted by Crippen LogP contribution is -2.45. The molecular weight excluding hydrogens is 312 g/mol. The van der Waals surface area contributed by atoms with E-state index in [2.05, 4.69) is 45.4 Å². The van der Waals surface area contributed by atoms with E-state index in [1.807, 2.05) is 12.1 Å². The van der Waals surface area contributed by atoms with Crippen molar-refractivity contribution in [1.82, 2.24) is 15.1 Å². The summed E-state index contributed by atoms with van der Waals surface area (Å²) < 4.78 is 0. The van der Waals surface area contributed by atoms with E-state index in [4.69, 9.17) is 11.6 Å². The van der Waals surface area contributed by atoms with Crippen LogP contribution >= 0.6 is 11.6 Å². The predicted molar refractivity (Wildman–Crippen MR) is 93.0 cm³/mol. The number of hydrogen-bond acceptors (Lipinski definition) is 5. The number of fused-ring (bicyclic) bond motifs is 1. The van der Waals surface area contributed by atoms with Crippen molar-refractivity contribution in [2.75, 3.05) is 13.2 Å². The first-order valence-electron chi connectivity index (χ1n) is 8.05. The van der Waals surface area contributed by atoms with E-state index in [0.717, 1.165) is 42.7 Å². The van der Waals surface area contributed by atoms with Gasteiger partial charge in [0.25, 0.3) is 0 Å². The molecule has 23 heavy (non-hydrogen) atoms. The second kappa shape index (κ2) is 6.81. The van der Waals surface area contributed by atoms with E-state index in [0.29, 0.717) is 0 Å². The van der Waals surface area contributed by atoms with Gasteiger partial charge < -0.3 is 20.2 Å². The van der Waals surface area contributed by atoms with Crippen LogP contribution in [0.4, 0.5) is 0 Å². The van der Waals surface area contributed by atoms with Crippen LogP contribution in [0.1, 0.15) is 25.8 Å². The van der Waals surface area contributed by atoms with E-state index >= 15 is 0 Å². The molecule has 1 aromatic carbocycles. The molecule has 0 saturated heterocycles. The maximum Gasteiger partial charge on any atom is 0.152 e. The van der Waals surface area contributed by atoms with Crippen molar-refractivity contribution in [3.05, 3.63) is 46.7 Å². The van der Waals surface area contributed by atoms with Gasteiger partial charge in [-0.1, -0.05) is 30.7 Å². The summed E-state index contributed by atoms with van der Waals surface area (Å²) in [5.41, 5.74) is 2.21. The van der Waals surface area contributed by atoms with Crippen LogP contribution in [0.15, 0.2) is 41.2 Å². The quantitative estimate of drug-likeness (QED) is 0.868. The molecule has 1 aromatic rings. The fourth-order valence-corrected chi connectivity index (χ4v) is 3.04. The Balaban J connectivity index is 1.79. The summed E-state index contributed by atoms with van der Waals surface area (Å²) >= 11 is 5.95. The first-order chi connectivity index (χ1) is 11.1. The van der Waals surface area contributed by atoms with Crippen molar-refractivity contribution in [2.45, 2.75) is 39.1 Å². The van der Waals surface area contributed by atoms with Gasteiger partial charge >= 0.3 is 0 Å². The van der Waals surface area contributed by atoms with Gasteiger partial charge in [-0.3, -0.25) is 0 Å². The Morgan fingerprint density at radius 1 is 1.39 bits per heavy atom. The van der Waals surface area contributed by atoms with E-state index in [-0.39, 0.29) is 6.17 Å². The van der Waals surface area contributed by atoms with E-state index < -0.39 is 6.10 Å². The zero-order valence-corrected chi connectivity index (χ0v) is 14.3. The molecule has 0 radical (unpaired) electrons. The van der Waals surface area contributed by atoms with Crippen LogP contribution in [0, 0.1) is 0 Å². The van der Waals surface area contributed by atoms with Gasteiger partial charge in [-0.2, -0.15) is 0 Å². The third-order valence-corrected chi connectivity index (χ3v) is 4.27. The Hall–Kier alpha value is -1.72. The molecule has 0 spiro atoms. The molecular formula is C17H23ClN4O. The summed E-state index contributed by atoms with van der Waals surface area (Å²) in [5, 5.41) is 13.9. The molecule has 2 N–H and O–H groups in total. The zero-order chi connectivity index (χ0) is 16.4. The van der Waals surface area contributed by atoms with Gasteiger partial charge in [0.2, 0.25) is 0 Å². The first-order valence-corrected chi connectivity index (χ1v) is 8.42. The number of aliphatic hydroxyl groups excluding tert-OH is 1. The normalized spacial score (nSPS) is 21.5. The number of halogens is 1.